The molecule has 5 nitrogen and oxygen atoms in total. The Bertz CT molecular complexity index is 561. The van der Waals surface area contributed by atoms with E-state index in [0.29, 0.717) is 17.1 Å². The Morgan fingerprint density at radius 1 is 1.41 bits per heavy atom. The van der Waals surface area contributed by atoms with E-state index in [4.69, 9.17) is 5.11 Å². The molecule has 0 saturated heterocycles. The lowest BCUT2D eigenvalue weighted by Gasteiger charge is -2.01. The zero-order valence-corrected chi connectivity index (χ0v) is 9.27. The predicted octanol–water partition coefficient (Wildman–Crippen LogP) is 1.72. The van der Waals surface area contributed by atoms with Crippen LogP contribution in [0.5, 0.6) is 5.75 Å². The second-order valence-electron chi connectivity index (χ2n) is 3.74. The first-order chi connectivity index (χ1) is 8.08. The van der Waals surface area contributed by atoms with E-state index >= 15 is 0 Å². The average Bonchev–Trinajstić information content (AvgIpc) is 2.59. The number of aryl methyl sites for hydroxylation is 1. The molecule has 0 aliphatic carbocycles. The topological polar surface area (TPSA) is 86.2 Å². The monoisotopic (exact) mass is 232 g/mol. The maximum absolute atomic E-state index is 10.6. The van der Waals surface area contributed by atoms with E-state index in [0.717, 1.165) is 5.69 Å². The van der Waals surface area contributed by atoms with Crippen LogP contribution in [-0.4, -0.2) is 26.2 Å². The fourth-order valence-corrected chi connectivity index (χ4v) is 1.69. The molecule has 17 heavy (non-hydrogen) atoms. The van der Waals surface area contributed by atoms with E-state index < -0.39 is 5.97 Å². The van der Waals surface area contributed by atoms with Crippen LogP contribution in [0.3, 0.4) is 0 Å². The van der Waals surface area contributed by atoms with Gasteiger partial charge in [-0.25, -0.2) is 4.98 Å². The number of nitrogens with one attached hydrogen (secondary N) is 1. The van der Waals surface area contributed by atoms with E-state index in [1.807, 2.05) is 0 Å². The molecule has 0 amide bonds. The zero-order valence-electron chi connectivity index (χ0n) is 9.27. The molecule has 0 bridgehead atoms. The number of carboxylic acid groups (broad SMARTS) is 1. The molecule has 0 fully saturated rings. The number of rotatable bonds is 3. The molecule has 5 heteroatoms. The molecule has 1 heterocycles. The SMILES string of the molecule is Cc1[nH]c(CC(=O)O)nc1-c1ccccc1O. The first kappa shape index (κ1) is 11.2. The third-order valence-corrected chi connectivity index (χ3v) is 2.41. The fourth-order valence-electron chi connectivity index (χ4n) is 1.69. The standard InChI is InChI=1S/C12H12N2O3/c1-7-12(8-4-2-3-5-9(8)15)14-10(13-7)6-11(16)17/h2-5,15H,6H2,1H3,(H,13,14)(H,16,17). The Hall–Kier alpha value is -2.30. The molecule has 0 unspecified atom stereocenters. The first-order valence-electron chi connectivity index (χ1n) is 5.13. The van der Waals surface area contributed by atoms with E-state index in [9.17, 15) is 9.90 Å². The lowest BCUT2D eigenvalue weighted by Crippen LogP contribution is -2.01. The molecule has 2 rings (SSSR count). The number of hydrogen-bond donors (Lipinski definition) is 3. The number of nitrogens with zero attached hydrogens (tertiary/aromatic N) is 1. The highest BCUT2D eigenvalue weighted by atomic mass is 16.4. The Morgan fingerprint density at radius 2 is 2.12 bits per heavy atom. The lowest BCUT2D eigenvalue weighted by molar-refractivity contribution is -0.136. The molecule has 0 spiro atoms. The van der Waals surface area contributed by atoms with Gasteiger partial charge in [0.2, 0.25) is 0 Å². The van der Waals surface area contributed by atoms with Gasteiger partial charge in [-0.15, -0.1) is 0 Å². The summed E-state index contributed by atoms with van der Waals surface area (Å²) < 4.78 is 0. The first-order valence-corrected chi connectivity index (χ1v) is 5.13. The minimum Gasteiger partial charge on any atom is -0.507 e. The predicted molar refractivity (Wildman–Crippen MR) is 61.8 cm³/mol. The zero-order chi connectivity index (χ0) is 12.4. The summed E-state index contributed by atoms with van der Waals surface area (Å²) in [5, 5.41) is 18.4. The molecule has 2 aromatic rings. The summed E-state index contributed by atoms with van der Waals surface area (Å²) in [4.78, 5) is 17.7. The highest BCUT2D eigenvalue weighted by molar-refractivity contribution is 5.71. The molecule has 0 radical (unpaired) electrons. The number of aromatic amines is 1. The van der Waals surface area contributed by atoms with Crippen molar-refractivity contribution >= 4 is 5.97 Å². The lowest BCUT2D eigenvalue weighted by atomic mass is 10.1. The highest BCUT2D eigenvalue weighted by Gasteiger charge is 2.13. The molecular formula is C12H12N2O3. The van der Waals surface area contributed by atoms with Crippen LogP contribution in [0.4, 0.5) is 0 Å². The van der Waals surface area contributed by atoms with Gasteiger partial charge in [0.15, 0.2) is 0 Å². The Morgan fingerprint density at radius 3 is 2.76 bits per heavy atom. The Balaban J connectivity index is 2.43. The minimum absolute atomic E-state index is 0.129. The number of aromatic hydroxyl groups is 1. The van der Waals surface area contributed by atoms with Crippen LogP contribution in [0.2, 0.25) is 0 Å². The Kier molecular flexibility index (Phi) is 2.82. The van der Waals surface area contributed by atoms with E-state index in [1.165, 1.54) is 0 Å². The summed E-state index contributed by atoms with van der Waals surface area (Å²) in [6, 6.07) is 6.82. The van der Waals surface area contributed by atoms with Crippen LogP contribution in [0.15, 0.2) is 24.3 Å². The maximum Gasteiger partial charge on any atom is 0.311 e. The number of hydrogen-bond acceptors (Lipinski definition) is 3. The van der Waals surface area contributed by atoms with Gasteiger partial charge in [-0.3, -0.25) is 4.79 Å². The van der Waals surface area contributed by atoms with Crippen LogP contribution in [0.25, 0.3) is 11.3 Å². The molecule has 0 saturated carbocycles. The van der Waals surface area contributed by atoms with Gasteiger partial charge in [-0.1, -0.05) is 12.1 Å². The minimum atomic E-state index is -0.942. The third-order valence-electron chi connectivity index (χ3n) is 2.41. The van der Waals surface area contributed by atoms with Crippen molar-refractivity contribution in [3.63, 3.8) is 0 Å². The van der Waals surface area contributed by atoms with Crippen molar-refractivity contribution in [2.75, 3.05) is 0 Å². The van der Waals surface area contributed by atoms with Crippen LogP contribution in [0, 0.1) is 6.92 Å². The molecule has 3 N–H and O–H groups in total. The van der Waals surface area contributed by atoms with Gasteiger partial charge in [0.25, 0.3) is 0 Å². The summed E-state index contributed by atoms with van der Waals surface area (Å²) in [5.41, 5.74) is 1.92. The van der Waals surface area contributed by atoms with Crippen LogP contribution < -0.4 is 0 Å². The van der Waals surface area contributed by atoms with Crippen molar-refractivity contribution in [3.8, 4) is 17.0 Å². The number of para-hydroxylation sites is 1. The van der Waals surface area contributed by atoms with Gasteiger partial charge >= 0.3 is 5.97 Å². The quantitative estimate of drug-likeness (QED) is 0.752. The maximum atomic E-state index is 10.6. The summed E-state index contributed by atoms with van der Waals surface area (Å²) in [5.74, 6) is -0.431. The number of carboxylic acids is 1. The van der Waals surface area contributed by atoms with E-state index in [2.05, 4.69) is 9.97 Å². The number of phenols is 1. The van der Waals surface area contributed by atoms with Crippen molar-refractivity contribution < 1.29 is 15.0 Å². The Labute approximate surface area is 97.8 Å². The molecule has 88 valence electrons. The van der Waals surface area contributed by atoms with E-state index in [1.54, 1.807) is 31.2 Å². The number of H-pyrrole nitrogens is 1. The van der Waals surface area contributed by atoms with Gasteiger partial charge < -0.3 is 15.2 Å². The summed E-state index contributed by atoms with van der Waals surface area (Å²) in [7, 11) is 0. The van der Waals surface area contributed by atoms with Gasteiger partial charge in [-0.2, -0.15) is 0 Å². The summed E-state index contributed by atoms with van der Waals surface area (Å²) in [6.45, 7) is 1.79. The van der Waals surface area contributed by atoms with Gasteiger partial charge in [-0.05, 0) is 19.1 Å². The number of benzene rings is 1. The molecule has 0 aliphatic rings. The second kappa shape index (κ2) is 4.29. The average molecular weight is 232 g/mol. The number of phenolic OH excluding ortho intramolecular Hbond substituents is 1. The number of aromatic nitrogens is 2. The van der Waals surface area contributed by atoms with Crippen LogP contribution in [-0.2, 0) is 11.2 Å². The smallest absolute Gasteiger partial charge is 0.311 e. The van der Waals surface area contributed by atoms with Crippen LogP contribution >= 0.6 is 0 Å². The number of carbonyl (C=O) groups is 1. The number of imidazole rings is 1. The highest BCUT2D eigenvalue weighted by Crippen LogP contribution is 2.29. The molecule has 1 aromatic carbocycles. The van der Waals surface area contributed by atoms with Crippen molar-refractivity contribution in [2.45, 2.75) is 13.3 Å². The number of aliphatic carboxylic acids is 1. The van der Waals surface area contributed by atoms with Gasteiger partial charge in [0.05, 0.1) is 5.69 Å². The molecule has 0 atom stereocenters. The fraction of sp³-hybridized carbons (Fsp3) is 0.167. The summed E-state index contributed by atoms with van der Waals surface area (Å²) in [6.07, 6.45) is -0.158. The van der Waals surface area contributed by atoms with Crippen molar-refractivity contribution in [3.05, 3.63) is 35.8 Å². The van der Waals surface area contributed by atoms with E-state index in [-0.39, 0.29) is 12.2 Å². The largest absolute Gasteiger partial charge is 0.507 e. The van der Waals surface area contributed by atoms with Gasteiger partial charge in [0, 0.05) is 11.3 Å². The van der Waals surface area contributed by atoms with Gasteiger partial charge in [0.1, 0.15) is 18.0 Å². The summed E-state index contributed by atoms with van der Waals surface area (Å²) >= 11 is 0. The normalized spacial score (nSPS) is 10.4. The van der Waals surface area contributed by atoms with Crippen molar-refractivity contribution in [1.29, 1.82) is 0 Å². The molecule has 0 aliphatic heterocycles. The molecular weight excluding hydrogens is 220 g/mol. The second-order valence-corrected chi connectivity index (χ2v) is 3.74. The van der Waals surface area contributed by atoms with Crippen LogP contribution in [0.1, 0.15) is 11.5 Å². The third kappa shape index (κ3) is 2.28. The van der Waals surface area contributed by atoms with Crippen molar-refractivity contribution in [1.82, 2.24) is 9.97 Å². The molecule has 1 aromatic heterocycles. The van der Waals surface area contributed by atoms with Crippen molar-refractivity contribution in [2.24, 2.45) is 0 Å².